The summed E-state index contributed by atoms with van der Waals surface area (Å²) in [6, 6.07) is 7.90. The minimum absolute atomic E-state index is 0.130. The molecule has 1 aromatic carbocycles. The Hall–Kier alpha value is -3.11. The van der Waals surface area contributed by atoms with Crippen molar-refractivity contribution in [2.75, 3.05) is 6.54 Å². The second-order valence-corrected chi connectivity index (χ2v) is 5.32. The summed E-state index contributed by atoms with van der Waals surface area (Å²) in [5.74, 6) is 7.31. The number of aromatic nitrogens is 3. The van der Waals surface area contributed by atoms with Gasteiger partial charge in [-0.2, -0.15) is 0 Å². The lowest BCUT2D eigenvalue weighted by atomic mass is 10.2. The molecule has 0 saturated heterocycles. The lowest BCUT2D eigenvalue weighted by Gasteiger charge is -2.15. The zero-order valence-electron chi connectivity index (χ0n) is 13.6. The van der Waals surface area contributed by atoms with Crippen LogP contribution in [0.5, 0.6) is 5.75 Å². The number of nitrogens with two attached hydrogens (primary N) is 1. The largest absolute Gasteiger partial charge is 0.347 e. The van der Waals surface area contributed by atoms with Crippen LogP contribution in [-0.4, -0.2) is 21.3 Å². The Kier molecular flexibility index (Phi) is 5.11. The third-order valence-corrected chi connectivity index (χ3v) is 3.77. The Morgan fingerprint density at radius 3 is 2.80 bits per heavy atom. The maximum Gasteiger partial charge on any atom is 0.210 e. The van der Waals surface area contributed by atoms with Crippen LogP contribution in [0.3, 0.4) is 0 Å². The molecule has 3 aromatic rings. The summed E-state index contributed by atoms with van der Waals surface area (Å²) in [6.07, 6.45) is 4.42. The van der Waals surface area contributed by atoms with Gasteiger partial charge in [0.05, 0.1) is 6.04 Å². The van der Waals surface area contributed by atoms with Gasteiger partial charge in [0.25, 0.3) is 0 Å². The van der Waals surface area contributed by atoms with E-state index in [1.54, 1.807) is 24.4 Å². The molecule has 1 unspecified atom stereocenters. The molecule has 25 heavy (non-hydrogen) atoms. The van der Waals surface area contributed by atoms with Gasteiger partial charge >= 0.3 is 0 Å². The third kappa shape index (κ3) is 3.70. The second-order valence-electron chi connectivity index (χ2n) is 5.32. The van der Waals surface area contributed by atoms with Crippen LogP contribution in [0.4, 0.5) is 4.53 Å². The summed E-state index contributed by atoms with van der Waals surface area (Å²) in [4.78, 5) is 7.94. The van der Waals surface area contributed by atoms with Gasteiger partial charge in [-0.3, -0.25) is 4.94 Å². The predicted molar refractivity (Wildman–Crippen MR) is 89.5 cm³/mol. The maximum atomic E-state index is 12.0. The minimum Gasteiger partial charge on any atom is -0.347 e. The van der Waals surface area contributed by atoms with Crippen LogP contribution in [0.25, 0.3) is 0 Å². The van der Waals surface area contributed by atoms with Gasteiger partial charge in [0.2, 0.25) is 5.76 Å². The molecular formula is C18H17FN4O2. The van der Waals surface area contributed by atoms with Crippen LogP contribution in [0, 0.1) is 11.8 Å². The maximum absolute atomic E-state index is 12.0. The van der Waals surface area contributed by atoms with Crippen molar-refractivity contribution in [3.63, 3.8) is 0 Å². The Bertz CT molecular complexity index is 890. The number of imidazole rings is 1. The molecule has 0 radical (unpaired) electrons. The highest BCUT2D eigenvalue weighted by atomic mass is 19.3. The summed E-state index contributed by atoms with van der Waals surface area (Å²) in [6.45, 7) is 2.40. The van der Waals surface area contributed by atoms with E-state index in [0.29, 0.717) is 23.6 Å². The standard InChI is InChI=1S/C18H17FN4O2/c1-2-18-21-9-10-23(18)17(12-20)16-11-15(25-22-16)8-5-13-3-6-14(24-19)7-4-13/h3-4,6-7,9-11,17H,2,12,20H2,1H3. The number of aryl methyl sites for hydroxylation is 1. The van der Waals surface area contributed by atoms with Gasteiger partial charge in [-0.1, -0.05) is 18.0 Å². The number of nitrogens with zero attached hydrogens (tertiary/aromatic N) is 3. The van der Waals surface area contributed by atoms with Crippen molar-refractivity contribution < 1.29 is 14.0 Å². The quantitative estimate of drug-likeness (QED) is 0.722. The lowest BCUT2D eigenvalue weighted by molar-refractivity contribution is -0.00620. The zero-order valence-corrected chi connectivity index (χ0v) is 13.6. The summed E-state index contributed by atoms with van der Waals surface area (Å²) in [7, 11) is 0. The third-order valence-electron chi connectivity index (χ3n) is 3.77. The molecule has 0 fully saturated rings. The van der Waals surface area contributed by atoms with Crippen LogP contribution in [0.15, 0.2) is 47.2 Å². The summed E-state index contributed by atoms with van der Waals surface area (Å²) in [5.41, 5.74) is 7.31. The van der Waals surface area contributed by atoms with Gasteiger partial charge in [0.15, 0.2) is 5.75 Å². The van der Waals surface area contributed by atoms with Crippen molar-refractivity contribution in [2.24, 2.45) is 5.73 Å². The van der Waals surface area contributed by atoms with Gasteiger partial charge in [0, 0.05) is 41.5 Å². The molecule has 128 valence electrons. The number of halogens is 1. The van der Waals surface area contributed by atoms with Gasteiger partial charge in [-0.05, 0) is 30.2 Å². The van der Waals surface area contributed by atoms with Crippen molar-refractivity contribution in [2.45, 2.75) is 19.4 Å². The fourth-order valence-electron chi connectivity index (χ4n) is 2.51. The first-order chi connectivity index (χ1) is 12.2. The molecule has 2 heterocycles. The molecular weight excluding hydrogens is 323 g/mol. The van der Waals surface area contributed by atoms with Gasteiger partial charge < -0.3 is 14.8 Å². The predicted octanol–water partition coefficient (Wildman–Crippen LogP) is 2.64. The molecule has 0 aliphatic heterocycles. The molecule has 7 heteroatoms. The number of rotatable bonds is 5. The molecule has 0 aliphatic carbocycles. The van der Waals surface area contributed by atoms with E-state index in [9.17, 15) is 4.53 Å². The van der Waals surface area contributed by atoms with E-state index >= 15 is 0 Å². The average molecular weight is 340 g/mol. The Balaban J connectivity index is 1.81. The minimum atomic E-state index is -0.155. The zero-order chi connectivity index (χ0) is 17.6. The Labute approximate surface area is 144 Å². The Morgan fingerprint density at radius 1 is 1.32 bits per heavy atom. The van der Waals surface area contributed by atoms with Crippen molar-refractivity contribution in [3.8, 4) is 17.6 Å². The average Bonchev–Trinajstić information content (AvgIpc) is 3.31. The smallest absolute Gasteiger partial charge is 0.210 e. The molecule has 0 bridgehead atoms. The number of hydrogen-bond acceptors (Lipinski definition) is 5. The summed E-state index contributed by atoms with van der Waals surface area (Å²) in [5, 5.41) is 4.08. The topological polar surface area (TPSA) is 79.1 Å². The fourth-order valence-corrected chi connectivity index (χ4v) is 2.51. The van der Waals surface area contributed by atoms with Crippen molar-refractivity contribution in [3.05, 3.63) is 65.6 Å². The first-order valence-corrected chi connectivity index (χ1v) is 7.84. The number of hydrogen-bond donors (Lipinski definition) is 1. The first-order valence-electron chi connectivity index (χ1n) is 7.84. The molecule has 0 saturated carbocycles. The normalized spacial score (nSPS) is 11.6. The SMILES string of the molecule is CCc1nccn1C(CN)c1cc(C#Cc2ccc(OF)cc2)on1. The van der Waals surface area contributed by atoms with Crippen LogP contribution in [-0.2, 0) is 6.42 Å². The highest BCUT2D eigenvalue weighted by molar-refractivity contribution is 5.41. The first kappa shape index (κ1) is 16.7. The summed E-state index contributed by atoms with van der Waals surface area (Å²) >= 11 is 0. The second kappa shape index (κ2) is 7.64. The highest BCUT2D eigenvalue weighted by Gasteiger charge is 2.18. The van der Waals surface area contributed by atoms with Gasteiger partial charge in [-0.25, -0.2) is 4.98 Å². The monoisotopic (exact) mass is 340 g/mol. The van der Waals surface area contributed by atoms with Crippen molar-refractivity contribution >= 4 is 0 Å². The fraction of sp³-hybridized carbons (Fsp3) is 0.222. The van der Waals surface area contributed by atoms with E-state index in [2.05, 4.69) is 26.9 Å². The number of benzene rings is 1. The van der Waals surface area contributed by atoms with Gasteiger partial charge in [0.1, 0.15) is 11.5 Å². The summed E-state index contributed by atoms with van der Waals surface area (Å²) < 4.78 is 19.3. The van der Waals surface area contributed by atoms with Crippen LogP contribution in [0.2, 0.25) is 0 Å². The Morgan fingerprint density at radius 2 is 2.12 bits per heavy atom. The van der Waals surface area contributed by atoms with E-state index in [1.807, 2.05) is 17.7 Å². The van der Waals surface area contributed by atoms with E-state index in [1.165, 1.54) is 12.1 Å². The molecule has 0 aliphatic rings. The van der Waals surface area contributed by atoms with Crippen LogP contribution < -0.4 is 10.7 Å². The molecule has 0 amide bonds. The molecule has 2 aromatic heterocycles. The van der Waals surface area contributed by atoms with E-state index in [-0.39, 0.29) is 11.8 Å². The van der Waals surface area contributed by atoms with Gasteiger partial charge in [-0.15, -0.1) is 0 Å². The van der Waals surface area contributed by atoms with Crippen LogP contribution >= 0.6 is 0 Å². The lowest BCUT2D eigenvalue weighted by Crippen LogP contribution is -2.22. The molecule has 1 atom stereocenters. The van der Waals surface area contributed by atoms with E-state index in [4.69, 9.17) is 10.3 Å². The van der Waals surface area contributed by atoms with E-state index in [0.717, 1.165) is 12.2 Å². The molecule has 2 N–H and O–H groups in total. The highest BCUT2D eigenvalue weighted by Crippen LogP contribution is 2.19. The molecule has 6 nitrogen and oxygen atoms in total. The van der Waals surface area contributed by atoms with Crippen LogP contribution in [0.1, 0.15) is 35.8 Å². The van der Waals surface area contributed by atoms with Crippen molar-refractivity contribution in [1.82, 2.24) is 14.7 Å². The molecule has 3 rings (SSSR count). The van der Waals surface area contributed by atoms with E-state index < -0.39 is 0 Å². The van der Waals surface area contributed by atoms with Crippen molar-refractivity contribution in [1.29, 1.82) is 0 Å². The molecule has 0 spiro atoms.